The van der Waals surface area contributed by atoms with Crippen LogP contribution in [0.25, 0.3) is 0 Å². The Kier molecular flexibility index (Phi) is 5.26. The molecule has 0 radical (unpaired) electrons. The Morgan fingerprint density at radius 3 is 2.60 bits per heavy atom. The van der Waals surface area contributed by atoms with E-state index < -0.39 is 0 Å². The second-order valence-corrected chi connectivity index (χ2v) is 5.84. The van der Waals surface area contributed by atoms with Crippen LogP contribution < -0.4 is 5.32 Å². The van der Waals surface area contributed by atoms with Gasteiger partial charge in [0.25, 0.3) is 5.91 Å². The van der Waals surface area contributed by atoms with Crippen molar-refractivity contribution >= 4 is 11.6 Å². The van der Waals surface area contributed by atoms with Crippen molar-refractivity contribution < 1.29 is 9.53 Å². The van der Waals surface area contributed by atoms with Gasteiger partial charge in [0.15, 0.2) is 0 Å². The summed E-state index contributed by atoms with van der Waals surface area (Å²) in [6, 6.07) is 15.3. The minimum Gasteiger partial charge on any atom is -0.380 e. The quantitative estimate of drug-likeness (QED) is 0.748. The van der Waals surface area contributed by atoms with E-state index in [1.807, 2.05) is 55.6 Å². The van der Waals surface area contributed by atoms with E-state index >= 15 is 0 Å². The number of aryl methyl sites for hydroxylation is 1. The Bertz CT molecular complexity index is 853. The fourth-order valence-corrected chi connectivity index (χ4v) is 2.68. The number of anilines is 1. The summed E-state index contributed by atoms with van der Waals surface area (Å²) in [5, 5.41) is 2.94. The van der Waals surface area contributed by atoms with Crippen LogP contribution in [0.1, 0.15) is 27.3 Å². The largest absolute Gasteiger partial charge is 0.380 e. The SMILES string of the molecule is COCc1ccccc1C(=O)Nc1ccc(Cn2ccnc2C)cc1. The number of nitrogens with zero attached hydrogens (tertiary/aromatic N) is 2. The molecule has 3 rings (SSSR count). The second kappa shape index (κ2) is 7.77. The number of carbonyl (C=O) groups excluding carboxylic acids is 1. The van der Waals surface area contributed by atoms with E-state index in [1.165, 1.54) is 0 Å². The van der Waals surface area contributed by atoms with Gasteiger partial charge in [-0.15, -0.1) is 0 Å². The molecule has 25 heavy (non-hydrogen) atoms. The van der Waals surface area contributed by atoms with Crippen LogP contribution in [0.3, 0.4) is 0 Å². The van der Waals surface area contributed by atoms with Crippen molar-refractivity contribution in [1.29, 1.82) is 0 Å². The summed E-state index contributed by atoms with van der Waals surface area (Å²) in [5.41, 5.74) is 3.42. The summed E-state index contributed by atoms with van der Waals surface area (Å²) in [4.78, 5) is 16.7. The predicted molar refractivity (Wildman–Crippen MR) is 97.6 cm³/mol. The number of hydrogen-bond acceptors (Lipinski definition) is 3. The van der Waals surface area contributed by atoms with Gasteiger partial charge in [0.1, 0.15) is 5.82 Å². The molecule has 0 atom stereocenters. The van der Waals surface area contributed by atoms with Crippen LogP contribution >= 0.6 is 0 Å². The molecule has 0 saturated carbocycles. The number of hydrogen-bond donors (Lipinski definition) is 1. The van der Waals surface area contributed by atoms with E-state index in [1.54, 1.807) is 19.4 Å². The fourth-order valence-electron chi connectivity index (χ4n) is 2.68. The third kappa shape index (κ3) is 4.14. The van der Waals surface area contributed by atoms with Gasteiger partial charge in [-0.25, -0.2) is 4.98 Å². The van der Waals surface area contributed by atoms with Gasteiger partial charge in [-0.3, -0.25) is 4.79 Å². The Hall–Kier alpha value is -2.92. The lowest BCUT2D eigenvalue weighted by molar-refractivity contribution is 0.102. The first-order valence-corrected chi connectivity index (χ1v) is 8.12. The maximum absolute atomic E-state index is 12.5. The van der Waals surface area contributed by atoms with E-state index in [-0.39, 0.29) is 5.91 Å². The molecule has 0 aliphatic heterocycles. The predicted octanol–water partition coefficient (Wildman–Crippen LogP) is 3.64. The number of benzene rings is 2. The molecular formula is C20H21N3O2. The number of imidazole rings is 1. The lowest BCUT2D eigenvalue weighted by Crippen LogP contribution is -2.14. The smallest absolute Gasteiger partial charge is 0.256 e. The summed E-state index contributed by atoms with van der Waals surface area (Å²) in [5.74, 6) is 0.845. The molecule has 0 unspecified atom stereocenters. The number of nitrogens with one attached hydrogen (secondary N) is 1. The standard InChI is InChI=1S/C20H21N3O2/c1-15-21-11-12-23(15)13-16-7-9-18(10-8-16)22-20(24)19-6-4-3-5-17(19)14-25-2/h3-12H,13-14H2,1-2H3,(H,22,24). The highest BCUT2D eigenvalue weighted by Gasteiger charge is 2.11. The Balaban J connectivity index is 1.69. The molecular weight excluding hydrogens is 314 g/mol. The highest BCUT2D eigenvalue weighted by Crippen LogP contribution is 2.15. The lowest BCUT2D eigenvalue weighted by Gasteiger charge is -2.10. The van der Waals surface area contributed by atoms with Crippen LogP contribution in [0.2, 0.25) is 0 Å². The average Bonchev–Trinajstić information content (AvgIpc) is 3.02. The Morgan fingerprint density at radius 1 is 1.16 bits per heavy atom. The first-order valence-electron chi connectivity index (χ1n) is 8.12. The van der Waals surface area contributed by atoms with Crippen molar-refractivity contribution in [2.75, 3.05) is 12.4 Å². The summed E-state index contributed by atoms with van der Waals surface area (Å²) in [6.07, 6.45) is 3.75. The van der Waals surface area contributed by atoms with Crippen molar-refractivity contribution in [2.45, 2.75) is 20.1 Å². The van der Waals surface area contributed by atoms with Gasteiger partial charge in [0, 0.05) is 37.3 Å². The third-order valence-electron chi connectivity index (χ3n) is 4.05. The topological polar surface area (TPSA) is 56.1 Å². The highest BCUT2D eigenvalue weighted by atomic mass is 16.5. The lowest BCUT2D eigenvalue weighted by atomic mass is 10.1. The van der Waals surface area contributed by atoms with Crippen LogP contribution in [-0.4, -0.2) is 22.6 Å². The molecule has 0 spiro atoms. The summed E-state index contributed by atoms with van der Waals surface area (Å²) >= 11 is 0. The summed E-state index contributed by atoms with van der Waals surface area (Å²) < 4.78 is 7.23. The Morgan fingerprint density at radius 2 is 1.92 bits per heavy atom. The molecule has 128 valence electrons. The molecule has 1 N–H and O–H groups in total. The number of amides is 1. The first kappa shape index (κ1) is 16.9. The molecule has 0 aliphatic rings. The molecule has 5 heteroatoms. The second-order valence-electron chi connectivity index (χ2n) is 5.84. The van der Waals surface area contributed by atoms with Crippen LogP contribution in [0.5, 0.6) is 0 Å². The van der Waals surface area contributed by atoms with Crippen molar-refractivity contribution in [3.63, 3.8) is 0 Å². The van der Waals surface area contributed by atoms with Gasteiger partial charge < -0.3 is 14.6 Å². The van der Waals surface area contributed by atoms with Gasteiger partial charge in [-0.2, -0.15) is 0 Å². The van der Waals surface area contributed by atoms with E-state index in [0.717, 1.165) is 29.2 Å². The molecule has 3 aromatic rings. The van der Waals surface area contributed by atoms with Gasteiger partial charge in [-0.05, 0) is 36.2 Å². The molecule has 5 nitrogen and oxygen atoms in total. The van der Waals surface area contributed by atoms with Crippen LogP contribution in [0.15, 0.2) is 60.9 Å². The highest BCUT2D eigenvalue weighted by molar-refractivity contribution is 6.05. The van der Waals surface area contributed by atoms with E-state index in [4.69, 9.17) is 4.74 Å². The van der Waals surface area contributed by atoms with Crippen molar-refractivity contribution in [2.24, 2.45) is 0 Å². The molecule has 0 bridgehead atoms. The number of rotatable bonds is 6. The number of carbonyl (C=O) groups is 1. The van der Waals surface area contributed by atoms with Gasteiger partial charge in [-0.1, -0.05) is 30.3 Å². The molecule has 0 fully saturated rings. The van der Waals surface area contributed by atoms with Crippen molar-refractivity contribution in [3.05, 3.63) is 83.4 Å². The molecule has 1 heterocycles. The number of ether oxygens (including phenoxy) is 1. The normalized spacial score (nSPS) is 10.6. The maximum Gasteiger partial charge on any atom is 0.256 e. The monoisotopic (exact) mass is 335 g/mol. The van der Waals surface area contributed by atoms with Gasteiger partial charge in [0.2, 0.25) is 0 Å². The zero-order valence-electron chi connectivity index (χ0n) is 14.4. The molecule has 1 amide bonds. The van der Waals surface area contributed by atoms with E-state index in [0.29, 0.717) is 12.2 Å². The van der Waals surface area contributed by atoms with Crippen molar-refractivity contribution in [1.82, 2.24) is 9.55 Å². The zero-order chi connectivity index (χ0) is 17.6. The van der Waals surface area contributed by atoms with Gasteiger partial charge >= 0.3 is 0 Å². The Labute approximate surface area is 147 Å². The number of methoxy groups -OCH3 is 1. The molecule has 2 aromatic carbocycles. The molecule has 0 aliphatic carbocycles. The summed E-state index contributed by atoms with van der Waals surface area (Å²) in [6.45, 7) is 3.15. The van der Waals surface area contributed by atoms with Crippen LogP contribution in [-0.2, 0) is 17.9 Å². The first-order chi connectivity index (χ1) is 12.2. The number of aromatic nitrogens is 2. The molecule has 1 aromatic heterocycles. The van der Waals surface area contributed by atoms with Crippen LogP contribution in [0.4, 0.5) is 5.69 Å². The minimum absolute atomic E-state index is 0.133. The third-order valence-corrected chi connectivity index (χ3v) is 4.05. The summed E-state index contributed by atoms with van der Waals surface area (Å²) in [7, 11) is 1.62. The molecule has 0 saturated heterocycles. The van der Waals surface area contributed by atoms with E-state index in [2.05, 4.69) is 14.9 Å². The van der Waals surface area contributed by atoms with Crippen molar-refractivity contribution in [3.8, 4) is 0 Å². The van der Waals surface area contributed by atoms with Crippen LogP contribution in [0, 0.1) is 6.92 Å². The fraction of sp³-hybridized carbons (Fsp3) is 0.200. The average molecular weight is 335 g/mol. The minimum atomic E-state index is -0.133. The zero-order valence-corrected chi connectivity index (χ0v) is 14.4. The van der Waals surface area contributed by atoms with E-state index in [9.17, 15) is 4.79 Å². The maximum atomic E-state index is 12.5. The van der Waals surface area contributed by atoms with Gasteiger partial charge in [0.05, 0.1) is 6.61 Å².